The molecular weight excluding hydrogens is 180 g/mol. The van der Waals surface area contributed by atoms with Crippen LogP contribution in [0, 0.1) is 0 Å². The summed E-state index contributed by atoms with van der Waals surface area (Å²) in [4.78, 5) is 21.1. The molecule has 0 heterocycles. The highest BCUT2D eigenvalue weighted by atomic mass is 16.5. The van der Waals surface area contributed by atoms with E-state index in [2.05, 4.69) is 0 Å². The highest BCUT2D eigenvalue weighted by Crippen LogP contribution is 2.22. The Morgan fingerprint density at radius 1 is 1.36 bits per heavy atom. The molecule has 0 aliphatic carbocycles. The molecule has 14 heavy (non-hydrogen) atoms. The summed E-state index contributed by atoms with van der Waals surface area (Å²) >= 11 is 0. The van der Waals surface area contributed by atoms with Gasteiger partial charge in [0.25, 0.3) is 0 Å². The van der Waals surface area contributed by atoms with E-state index in [1.165, 1.54) is 7.11 Å². The number of rotatable bonds is 4. The van der Waals surface area contributed by atoms with Crippen molar-refractivity contribution in [3.63, 3.8) is 0 Å². The first-order chi connectivity index (χ1) is 6.72. The van der Waals surface area contributed by atoms with Crippen LogP contribution in [0.15, 0.2) is 18.2 Å². The molecule has 0 aliphatic rings. The molecule has 0 amide bonds. The summed E-state index contributed by atoms with van der Waals surface area (Å²) in [5, 5.41) is 0. The van der Waals surface area contributed by atoms with Crippen molar-refractivity contribution < 1.29 is 14.3 Å². The fourth-order valence-electron chi connectivity index (χ4n) is 1.19. The third kappa shape index (κ3) is 1.99. The van der Waals surface area contributed by atoms with Crippen LogP contribution in [0.1, 0.15) is 28.8 Å². The lowest BCUT2D eigenvalue weighted by molar-refractivity contribution is -0.108. The molecule has 1 rings (SSSR count). The van der Waals surface area contributed by atoms with Crippen molar-refractivity contribution in [3.8, 4) is 5.75 Å². The maximum atomic E-state index is 10.6. The minimum Gasteiger partial charge on any atom is -0.496 e. The molecule has 0 aromatic heterocycles. The van der Waals surface area contributed by atoms with Crippen LogP contribution in [-0.4, -0.2) is 19.7 Å². The van der Waals surface area contributed by atoms with Gasteiger partial charge >= 0.3 is 0 Å². The predicted molar refractivity (Wildman–Crippen MR) is 52.9 cm³/mol. The maximum absolute atomic E-state index is 10.6. The minimum absolute atomic E-state index is 0.176. The molecule has 0 spiro atoms. The largest absolute Gasteiger partial charge is 0.496 e. The lowest BCUT2D eigenvalue weighted by Gasteiger charge is -2.08. The Balaban J connectivity index is 3.13. The van der Waals surface area contributed by atoms with Crippen molar-refractivity contribution in [1.82, 2.24) is 0 Å². The Labute approximate surface area is 82.7 Å². The van der Waals surface area contributed by atoms with Gasteiger partial charge in [-0.05, 0) is 17.7 Å². The van der Waals surface area contributed by atoms with Crippen molar-refractivity contribution in [2.45, 2.75) is 12.8 Å². The predicted octanol–water partition coefficient (Wildman–Crippen LogP) is 1.81. The van der Waals surface area contributed by atoms with Crippen LogP contribution in [0.25, 0.3) is 0 Å². The van der Waals surface area contributed by atoms with Crippen LogP contribution in [0.5, 0.6) is 5.75 Å². The molecule has 0 saturated carbocycles. The lowest BCUT2D eigenvalue weighted by atomic mass is 10.0. The van der Waals surface area contributed by atoms with Gasteiger partial charge in [-0.3, -0.25) is 4.79 Å². The monoisotopic (exact) mass is 192 g/mol. The molecule has 1 atom stereocenters. The number of hydrogen-bond donors (Lipinski definition) is 0. The average Bonchev–Trinajstić information content (AvgIpc) is 2.26. The second-order valence-corrected chi connectivity index (χ2v) is 3.04. The Kier molecular flexibility index (Phi) is 3.40. The van der Waals surface area contributed by atoms with Crippen LogP contribution in [0.4, 0.5) is 0 Å². The quantitative estimate of drug-likeness (QED) is 0.683. The van der Waals surface area contributed by atoms with E-state index in [1.54, 1.807) is 25.1 Å². The average molecular weight is 192 g/mol. The van der Waals surface area contributed by atoms with E-state index in [1.807, 2.05) is 0 Å². The zero-order chi connectivity index (χ0) is 10.6. The number of ether oxygens (including phenoxy) is 1. The first-order valence-corrected chi connectivity index (χ1v) is 4.31. The maximum Gasteiger partial charge on any atom is 0.153 e. The van der Waals surface area contributed by atoms with Gasteiger partial charge in [0, 0.05) is 5.92 Å². The molecule has 74 valence electrons. The highest BCUT2D eigenvalue weighted by molar-refractivity contribution is 5.80. The van der Waals surface area contributed by atoms with Gasteiger partial charge in [-0.1, -0.05) is 13.0 Å². The summed E-state index contributed by atoms with van der Waals surface area (Å²) in [6.45, 7) is 1.79. The lowest BCUT2D eigenvalue weighted by Crippen LogP contribution is -1.97. The molecule has 3 heteroatoms. The smallest absolute Gasteiger partial charge is 0.153 e. The van der Waals surface area contributed by atoms with Crippen molar-refractivity contribution in [2.24, 2.45) is 0 Å². The molecule has 3 nitrogen and oxygen atoms in total. The highest BCUT2D eigenvalue weighted by Gasteiger charge is 2.07. The molecule has 0 saturated heterocycles. The molecule has 0 bridgehead atoms. The number of aldehydes is 2. The zero-order valence-corrected chi connectivity index (χ0v) is 8.19. The zero-order valence-electron chi connectivity index (χ0n) is 8.19. The van der Waals surface area contributed by atoms with Crippen LogP contribution in [0.3, 0.4) is 0 Å². The van der Waals surface area contributed by atoms with Gasteiger partial charge < -0.3 is 9.53 Å². The van der Waals surface area contributed by atoms with E-state index in [0.29, 0.717) is 11.3 Å². The Hall–Kier alpha value is -1.64. The summed E-state index contributed by atoms with van der Waals surface area (Å²) in [6, 6.07) is 5.12. The molecule has 0 aliphatic heterocycles. The third-order valence-corrected chi connectivity index (χ3v) is 2.11. The molecule has 0 radical (unpaired) electrons. The number of methoxy groups -OCH3 is 1. The molecule has 1 aromatic rings. The second-order valence-electron chi connectivity index (χ2n) is 3.04. The van der Waals surface area contributed by atoms with Crippen molar-refractivity contribution in [3.05, 3.63) is 29.3 Å². The molecule has 0 N–H and O–H groups in total. The van der Waals surface area contributed by atoms with Crippen molar-refractivity contribution in [2.75, 3.05) is 7.11 Å². The fourth-order valence-corrected chi connectivity index (χ4v) is 1.19. The van der Waals surface area contributed by atoms with E-state index in [9.17, 15) is 9.59 Å². The normalized spacial score (nSPS) is 11.9. The number of benzene rings is 1. The van der Waals surface area contributed by atoms with E-state index in [-0.39, 0.29) is 5.92 Å². The molecule has 1 unspecified atom stereocenters. The standard InChI is InChI=1S/C11H12O3/c1-8(6-12)9-3-4-10(7-13)11(5-9)14-2/h3-8H,1-2H3. The summed E-state index contributed by atoms with van der Waals surface area (Å²) in [6.07, 6.45) is 1.59. The van der Waals surface area contributed by atoms with E-state index in [4.69, 9.17) is 4.74 Å². The minimum atomic E-state index is -0.176. The van der Waals surface area contributed by atoms with Gasteiger partial charge in [-0.25, -0.2) is 0 Å². The number of hydrogen-bond acceptors (Lipinski definition) is 3. The topological polar surface area (TPSA) is 43.4 Å². The first kappa shape index (κ1) is 10.4. The van der Waals surface area contributed by atoms with Gasteiger partial charge in [0.1, 0.15) is 12.0 Å². The van der Waals surface area contributed by atoms with Crippen LogP contribution < -0.4 is 4.74 Å². The Morgan fingerprint density at radius 3 is 2.57 bits per heavy atom. The number of carbonyl (C=O) groups is 2. The SMILES string of the molecule is COc1cc(C(C)C=O)ccc1C=O. The summed E-state index contributed by atoms with van der Waals surface area (Å²) in [7, 11) is 1.50. The number of carbonyl (C=O) groups excluding carboxylic acids is 2. The van der Waals surface area contributed by atoms with Crippen LogP contribution >= 0.6 is 0 Å². The van der Waals surface area contributed by atoms with Crippen molar-refractivity contribution >= 4 is 12.6 Å². The van der Waals surface area contributed by atoms with Gasteiger partial charge in [-0.15, -0.1) is 0 Å². The van der Waals surface area contributed by atoms with Crippen LogP contribution in [0.2, 0.25) is 0 Å². The van der Waals surface area contributed by atoms with E-state index in [0.717, 1.165) is 18.1 Å². The first-order valence-electron chi connectivity index (χ1n) is 4.31. The van der Waals surface area contributed by atoms with Gasteiger partial charge in [0.2, 0.25) is 0 Å². The van der Waals surface area contributed by atoms with E-state index < -0.39 is 0 Å². The summed E-state index contributed by atoms with van der Waals surface area (Å²) < 4.78 is 5.02. The fraction of sp³-hybridized carbons (Fsp3) is 0.273. The molecule has 0 fully saturated rings. The van der Waals surface area contributed by atoms with Gasteiger partial charge in [0.15, 0.2) is 6.29 Å². The Morgan fingerprint density at radius 2 is 2.07 bits per heavy atom. The van der Waals surface area contributed by atoms with Crippen LogP contribution in [-0.2, 0) is 4.79 Å². The third-order valence-electron chi connectivity index (χ3n) is 2.11. The molecule has 1 aromatic carbocycles. The van der Waals surface area contributed by atoms with Crippen molar-refractivity contribution in [1.29, 1.82) is 0 Å². The van der Waals surface area contributed by atoms with Gasteiger partial charge in [-0.2, -0.15) is 0 Å². The van der Waals surface area contributed by atoms with E-state index >= 15 is 0 Å². The molecular formula is C11H12O3. The Bertz CT molecular complexity index is 344. The summed E-state index contributed by atoms with van der Waals surface area (Å²) in [5.74, 6) is 0.329. The summed E-state index contributed by atoms with van der Waals surface area (Å²) in [5.41, 5.74) is 1.34. The second kappa shape index (κ2) is 4.56. The van der Waals surface area contributed by atoms with Gasteiger partial charge in [0.05, 0.1) is 12.7 Å².